The van der Waals surface area contributed by atoms with Crippen molar-refractivity contribution in [3.8, 4) is 23.1 Å². The van der Waals surface area contributed by atoms with Crippen molar-refractivity contribution >= 4 is 16.7 Å². The number of fused-ring (bicyclic) bond motifs is 2. The molecule has 0 saturated heterocycles. The monoisotopic (exact) mass is 435 g/mol. The van der Waals surface area contributed by atoms with Gasteiger partial charge in [-0.25, -0.2) is 4.98 Å². The van der Waals surface area contributed by atoms with Crippen molar-refractivity contribution in [1.29, 1.82) is 0 Å². The molecule has 0 amide bonds. The van der Waals surface area contributed by atoms with E-state index < -0.39 is 0 Å². The highest BCUT2D eigenvalue weighted by Crippen LogP contribution is 2.28. The van der Waals surface area contributed by atoms with Crippen LogP contribution in [0.15, 0.2) is 41.1 Å². The minimum absolute atomic E-state index is 0.209. The molecule has 0 fully saturated rings. The molecule has 5 aromatic rings. The first kappa shape index (κ1) is 19.9. The SMILES string of the molecule is COCCn1ccc2ccc(COc3nn4c(-c5cc(C)on5)nnc4cc3OC)nc21. The number of nitrogens with zero attached hydrogens (tertiary/aromatic N) is 7. The van der Waals surface area contributed by atoms with Gasteiger partial charge in [0.1, 0.15) is 18.0 Å². The van der Waals surface area contributed by atoms with E-state index in [1.165, 1.54) is 0 Å². The Hall–Kier alpha value is -3.99. The normalized spacial score (nSPS) is 11.5. The molecule has 0 aromatic carbocycles. The maximum Gasteiger partial charge on any atom is 0.275 e. The number of aromatic nitrogens is 7. The third-order valence-electron chi connectivity index (χ3n) is 4.97. The van der Waals surface area contributed by atoms with E-state index in [4.69, 9.17) is 23.7 Å². The van der Waals surface area contributed by atoms with Gasteiger partial charge in [0.25, 0.3) is 5.88 Å². The molecule has 0 atom stereocenters. The maximum absolute atomic E-state index is 5.98. The lowest BCUT2D eigenvalue weighted by molar-refractivity contribution is 0.188. The van der Waals surface area contributed by atoms with E-state index >= 15 is 0 Å². The fourth-order valence-corrected chi connectivity index (χ4v) is 3.37. The third-order valence-corrected chi connectivity index (χ3v) is 4.97. The van der Waals surface area contributed by atoms with Crippen molar-refractivity contribution in [1.82, 2.24) is 34.5 Å². The van der Waals surface area contributed by atoms with Gasteiger partial charge in [-0.1, -0.05) is 5.16 Å². The zero-order valence-corrected chi connectivity index (χ0v) is 17.8. The predicted octanol–water partition coefficient (Wildman–Crippen LogP) is 2.67. The van der Waals surface area contributed by atoms with Crippen LogP contribution < -0.4 is 9.47 Å². The molecule has 0 N–H and O–H groups in total. The van der Waals surface area contributed by atoms with Gasteiger partial charge >= 0.3 is 0 Å². The summed E-state index contributed by atoms with van der Waals surface area (Å²) in [5.74, 6) is 1.84. The predicted molar refractivity (Wildman–Crippen MR) is 114 cm³/mol. The summed E-state index contributed by atoms with van der Waals surface area (Å²) in [5.41, 5.74) is 2.67. The molecule has 0 aliphatic rings. The minimum atomic E-state index is 0.209. The largest absolute Gasteiger partial charge is 0.491 e. The summed E-state index contributed by atoms with van der Waals surface area (Å²) in [6.45, 7) is 3.35. The van der Waals surface area contributed by atoms with Gasteiger partial charge in [-0.15, -0.1) is 15.3 Å². The van der Waals surface area contributed by atoms with Crippen molar-refractivity contribution < 1.29 is 18.7 Å². The third kappa shape index (κ3) is 3.62. The molecule has 0 radical (unpaired) electrons. The number of aryl methyl sites for hydroxylation is 1. The van der Waals surface area contributed by atoms with Crippen molar-refractivity contribution in [3.63, 3.8) is 0 Å². The maximum atomic E-state index is 5.98. The molecule has 5 rings (SSSR count). The molecule has 0 unspecified atom stereocenters. The van der Waals surface area contributed by atoms with Crippen LogP contribution in [0.5, 0.6) is 11.6 Å². The van der Waals surface area contributed by atoms with Crippen molar-refractivity contribution in [2.45, 2.75) is 20.1 Å². The second-order valence-electron chi connectivity index (χ2n) is 7.14. The smallest absolute Gasteiger partial charge is 0.275 e. The summed E-state index contributed by atoms with van der Waals surface area (Å²) in [6.07, 6.45) is 2.00. The van der Waals surface area contributed by atoms with Crippen LogP contribution >= 0.6 is 0 Å². The van der Waals surface area contributed by atoms with Crippen LogP contribution in [0, 0.1) is 6.92 Å². The Morgan fingerprint density at radius 1 is 1.09 bits per heavy atom. The highest BCUT2D eigenvalue weighted by atomic mass is 16.5. The summed E-state index contributed by atoms with van der Waals surface area (Å²) in [7, 11) is 3.23. The Morgan fingerprint density at radius 2 is 2.00 bits per heavy atom. The van der Waals surface area contributed by atoms with E-state index in [2.05, 4.69) is 25.0 Å². The Bertz CT molecular complexity index is 1390. The number of ether oxygens (including phenoxy) is 3. The topological polar surface area (TPSA) is 115 Å². The Kier molecular flexibility index (Phi) is 5.15. The number of methoxy groups -OCH3 is 2. The van der Waals surface area contributed by atoms with Crippen molar-refractivity contribution in [3.05, 3.63) is 48.0 Å². The molecule has 0 spiro atoms. The van der Waals surface area contributed by atoms with E-state index in [0.717, 1.165) is 23.3 Å². The molecule has 0 saturated carbocycles. The molecule has 5 aromatic heterocycles. The Morgan fingerprint density at radius 3 is 2.78 bits per heavy atom. The molecule has 5 heterocycles. The van der Waals surface area contributed by atoms with Gasteiger partial charge in [0.05, 0.1) is 19.4 Å². The fourth-order valence-electron chi connectivity index (χ4n) is 3.37. The molecule has 11 nitrogen and oxygen atoms in total. The first-order chi connectivity index (χ1) is 15.7. The first-order valence-electron chi connectivity index (χ1n) is 9.97. The van der Waals surface area contributed by atoms with Gasteiger partial charge in [-0.3, -0.25) is 0 Å². The molecular formula is C21H21N7O4. The van der Waals surface area contributed by atoms with Crippen molar-refractivity contribution in [2.24, 2.45) is 0 Å². The van der Waals surface area contributed by atoms with Crippen LogP contribution in [0.1, 0.15) is 11.5 Å². The standard InChI is InChI=1S/C21H21N7O4/c1-13-10-16(26-32-13)20-24-23-18-11-17(30-3)21(25-28(18)20)31-12-15-5-4-14-6-7-27(8-9-29-2)19(14)22-15/h4-7,10-11H,8-9,12H2,1-3H3. The average Bonchev–Trinajstić information content (AvgIpc) is 3.53. The molecule has 164 valence electrons. The number of pyridine rings is 1. The summed E-state index contributed by atoms with van der Waals surface area (Å²) >= 11 is 0. The number of hydrogen-bond donors (Lipinski definition) is 0. The summed E-state index contributed by atoms with van der Waals surface area (Å²) < 4.78 is 25.3. The lowest BCUT2D eigenvalue weighted by Gasteiger charge is -2.10. The van der Waals surface area contributed by atoms with E-state index in [1.807, 2.05) is 24.4 Å². The number of hydrogen-bond acceptors (Lipinski definition) is 9. The van der Waals surface area contributed by atoms with Crippen LogP contribution in [0.25, 0.3) is 28.2 Å². The van der Waals surface area contributed by atoms with E-state index in [0.29, 0.717) is 35.3 Å². The summed E-state index contributed by atoms with van der Waals surface area (Å²) in [5, 5.41) is 17.9. The Labute approximate surface area is 182 Å². The summed E-state index contributed by atoms with van der Waals surface area (Å²) in [4.78, 5) is 4.74. The van der Waals surface area contributed by atoms with Crippen molar-refractivity contribution in [2.75, 3.05) is 20.8 Å². The highest BCUT2D eigenvalue weighted by molar-refractivity contribution is 5.76. The molecule has 0 aliphatic carbocycles. The fraction of sp³-hybridized carbons (Fsp3) is 0.286. The van der Waals surface area contributed by atoms with Gasteiger partial charge in [0.15, 0.2) is 17.1 Å². The van der Waals surface area contributed by atoms with Crippen LogP contribution in [0.2, 0.25) is 0 Å². The molecule has 0 aliphatic heterocycles. The zero-order valence-electron chi connectivity index (χ0n) is 17.8. The van der Waals surface area contributed by atoms with Gasteiger partial charge in [0, 0.05) is 37.4 Å². The number of rotatable bonds is 8. The average molecular weight is 435 g/mol. The lowest BCUT2D eigenvalue weighted by atomic mass is 10.3. The van der Waals surface area contributed by atoms with Gasteiger partial charge in [0.2, 0.25) is 5.82 Å². The summed E-state index contributed by atoms with van der Waals surface area (Å²) in [6, 6.07) is 9.44. The molecule has 32 heavy (non-hydrogen) atoms. The second-order valence-corrected chi connectivity index (χ2v) is 7.14. The van der Waals surface area contributed by atoms with Crippen LogP contribution in [0.4, 0.5) is 0 Å². The zero-order chi connectivity index (χ0) is 22.1. The van der Waals surface area contributed by atoms with E-state index in [9.17, 15) is 0 Å². The second kappa shape index (κ2) is 8.27. The lowest BCUT2D eigenvalue weighted by Crippen LogP contribution is -2.07. The van der Waals surface area contributed by atoms with E-state index in [1.54, 1.807) is 37.8 Å². The molecular weight excluding hydrogens is 414 g/mol. The molecule has 11 heteroatoms. The van der Waals surface area contributed by atoms with Gasteiger partial charge in [-0.05, 0) is 25.1 Å². The van der Waals surface area contributed by atoms with E-state index in [-0.39, 0.29) is 12.5 Å². The highest BCUT2D eigenvalue weighted by Gasteiger charge is 2.18. The quantitative estimate of drug-likeness (QED) is 0.363. The Balaban J connectivity index is 1.44. The van der Waals surface area contributed by atoms with Crippen LogP contribution in [-0.2, 0) is 17.9 Å². The first-order valence-corrected chi connectivity index (χ1v) is 9.97. The molecule has 0 bridgehead atoms. The minimum Gasteiger partial charge on any atom is -0.491 e. The van der Waals surface area contributed by atoms with Gasteiger partial charge < -0.3 is 23.3 Å². The van der Waals surface area contributed by atoms with Gasteiger partial charge in [-0.2, -0.15) is 4.52 Å². The van der Waals surface area contributed by atoms with Crippen LogP contribution in [-0.4, -0.2) is 55.3 Å². The van der Waals surface area contributed by atoms with Crippen LogP contribution in [0.3, 0.4) is 0 Å².